The van der Waals surface area contributed by atoms with Crippen molar-refractivity contribution in [3.05, 3.63) is 65.6 Å². The van der Waals surface area contributed by atoms with Gasteiger partial charge in [0, 0.05) is 44.0 Å². The van der Waals surface area contributed by atoms with Crippen molar-refractivity contribution in [3.63, 3.8) is 0 Å². The molecule has 3 rings (SSSR count). The molecule has 3 aromatic rings. The molecule has 0 amide bonds. The van der Waals surface area contributed by atoms with Crippen LogP contribution in [0.3, 0.4) is 0 Å². The molecule has 1 aromatic heterocycles. The summed E-state index contributed by atoms with van der Waals surface area (Å²) in [6, 6.07) is 16.9. The average molecular weight is 421 g/mol. The van der Waals surface area contributed by atoms with Gasteiger partial charge in [-0.25, -0.2) is 4.98 Å². The van der Waals surface area contributed by atoms with Crippen LogP contribution in [0.2, 0.25) is 0 Å². The van der Waals surface area contributed by atoms with Gasteiger partial charge < -0.3 is 4.74 Å². The van der Waals surface area contributed by atoms with E-state index in [0.29, 0.717) is 0 Å². The van der Waals surface area contributed by atoms with E-state index in [4.69, 9.17) is 9.72 Å². The van der Waals surface area contributed by atoms with E-state index in [9.17, 15) is 0 Å². The molecular formula is C23H26NOY-. The summed E-state index contributed by atoms with van der Waals surface area (Å²) in [4.78, 5) is 4.94. The van der Waals surface area contributed by atoms with Gasteiger partial charge in [-0.3, -0.25) is 0 Å². The molecule has 1 heterocycles. The summed E-state index contributed by atoms with van der Waals surface area (Å²) >= 11 is 0. The van der Waals surface area contributed by atoms with Crippen LogP contribution in [0.4, 0.5) is 0 Å². The fraction of sp³-hybridized carbons (Fsp3) is 0.304. The van der Waals surface area contributed by atoms with Crippen LogP contribution in [0.15, 0.2) is 48.5 Å². The van der Waals surface area contributed by atoms with E-state index in [2.05, 4.69) is 77.1 Å². The predicted molar refractivity (Wildman–Crippen MR) is 106 cm³/mol. The number of nitrogens with zero attached hydrogens (tertiary/aromatic N) is 1. The van der Waals surface area contributed by atoms with Crippen molar-refractivity contribution in [1.82, 2.24) is 4.98 Å². The number of methoxy groups -OCH3 is 1. The maximum Gasteiger partial charge on any atom is 0.0711 e. The van der Waals surface area contributed by atoms with Crippen molar-refractivity contribution in [2.45, 2.75) is 40.0 Å². The molecule has 0 aliphatic carbocycles. The Morgan fingerprint density at radius 1 is 0.962 bits per heavy atom. The minimum Gasteiger partial charge on any atom is -0.553 e. The maximum absolute atomic E-state index is 5.62. The summed E-state index contributed by atoms with van der Waals surface area (Å²) in [7, 11) is 1.72. The second-order valence-corrected chi connectivity index (χ2v) is 7.74. The third-order valence-corrected chi connectivity index (χ3v) is 4.55. The number of hydrogen-bond acceptors (Lipinski definition) is 2. The van der Waals surface area contributed by atoms with Gasteiger partial charge in [-0.1, -0.05) is 76.4 Å². The average Bonchev–Trinajstić information content (AvgIpc) is 2.59. The van der Waals surface area contributed by atoms with Gasteiger partial charge in [0.2, 0.25) is 0 Å². The Bertz CT molecular complexity index is 895. The van der Waals surface area contributed by atoms with Crippen LogP contribution in [0.1, 0.15) is 45.7 Å². The molecular weight excluding hydrogens is 395 g/mol. The van der Waals surface area contributed by atoms with E-state index in [-0.39, 0.29) is 38.1 Å². The van der Waals surface area contributed by atoms with Gasteiger partial charge in [0.25, 0.3) is 0 Å². The Morgan fingerprint density at radius 3 is 2.15 bits per heavy atom. The largest absolute Gasteiger partial charge is 0.553 e. The fourth-order valence-electron chi connectivity index (χ4n) is 3.19. The molecule has 0 aliphatic rings. The molecule has 3 heteroatoms. The monoisotopic (exact) mass is 421 g/mol. The minimum atomic E-state index is 0. The standard InChI is InChI=1S/C23H26NO.Y/c1-15(2)17-12-18-19(23(3,4)5)13-20(16-10-8-7-9-11-16)24-21(18)14-22(17)25-6;/h7-14H,1-6H3;/q-1;. The number of pyridine rings is 1. The van der Waals surface area contributed by atoms with Gasteiger partial charge in [0.05, 0.1) is 18.3 Å². The van der Waals surface area contributed by atoms with Crippen LogP contribution >= 0.6 is 0 Å². The van der Waals surface area contributed by atoms with E-state index in [0.717, 1.165) is 28.1 Å². The van der Waals surface area contributed by atoms with Gasteiger partial charge in [0.1, 0.15) is 0 Å². The van der Waals surface area contributed by atoms with E-state index < -0.39 is 0 Å². The fourth-order valence-corrected chi connectivity index (χ4v) is 3.19. The zero-order valence-corrected chi connectivity index (χ0v) is 19.4. The van der Waals surface area contributed by atoms with Crippen LogP contribution in [0.5, 0.6) is 5.75 Å². The summed E-state index contributed by atoms with van der Waals surface area (Å²) in [5, 5.41) is 1.20. The van der Waals surface area contributed by atoms with Gasteiger partial charge >= 0.3 is 0 Å². The Kier molecular flexibility index (Phi) is 6.52. The summed E-state index contributed by atoms with van der Waals surface area (Å²) in [5.41, 5.74) is 5.60. The molecule has 0 bridgehead atoms. The summed E-state index contributed by atoms with van der Waals surface area (Å²) in [5.74, 6) is 2.12. The molecule has 0 N–H and O–H groups in total. The Morgan fingerprint density at radius 2 is 1.62 bits per heavy atom. The third-order valence-electron chi connectivity index (χ3n) is 4.55. The molecule has 0 atom stereocenters. The summed E-state index contributed by atoms with van der Waals surface area (Å²) in [6.45, 7) is 11.0. The van der Waals surface area contributed by atoms with E-state index in [1.807, 2.05) is 6.07 Å². The molecule has 0 fully saturated rings. The molecule has 0 unspecified atom stereocenters. The first-order chi connectivity index (χ1) is 11.8. The molecule has 0 saturated heterocycles. The Balaban J connectivity index is 0.00000243. The Hall–Kier alpha value is -1.38. The first kappa shape index (κ1) is 20.9. The predicted octanol–water partition coefficient (Wildman–Crippen LogP) is 6.17. The van der Waals surface area contributed by atoms with Crippen LogP contribution in [0.25, 0.3) is 22.2 Å². The zero-order valence-electron chi connectivity index (χ0n) is 16.6. The first-order valence-corrected chi connectivity index (χ1v) is 8.70. The minimum absolute atomic E-state index is 0. The molecule has 0 spiro atoms. The van der Waals surface area contributed by atoms with E-state index in [1.165, 1.54) is 16.9 Å². The van der Waals surface area contributed by atoms with Crippen LogP contribution in [-0.2, 0) is 38.1 Å². The number of aromatic nitrogens is 1. The first-order valence-electron chi connectivity index (χ1n) is 8.70. The van der Waals surface area contributed by atoms with Crippen molar-refractivity contribution in [3.8, 4) is 17.0 Å². The second kappa shape index (κ2) is 8.11. The summed E-state index contributed by atoms with van der Waals surface area (Å²) in [6.07, 6.45) is 0. The van der Waals surface area contributed by atoms with Crippen molar-refractivity contribution >= 4 is 10.9 Å². The van der Waals surface area contributed by atoms with Gasteiger partial charge in [-0.05, 0) is 17.0 Å². The molecule has 26 heavy (non-hydrogen) atoms. The number of benzene rings is 2. The topological polar surface area (TPSA) is 22.1 Å². The zero-order chi connectivity index (χ0) is 18.2. The summed E-state index contributed by atoms with van der Waals surface area (Å²) < 4.78 is 5.62. The molecule has 2 nitrogen and oxygen atoms in total. The number of rotatable bonds is 3. The molecule has 0 saturated carbocycles. The maximum atomic E-state index is 5.62. The number of fused-ring (bicyclic) bond motifs is 1. The van der Waals surface area contributed by atoms with E-state index in [1.54, 1.807) is 7.11 Å². The second-order valence-electron chi connectivity index (χ2n) is 7.74. The number of ether oxygens (including phenoxy) is 1. The van der Waals surface area contributed by atoms with E-state index >= 15 is 0 Å². The SMILES string of the molecule is COc1cc2nc(-c3ccccc3)cc(C(C)(C)C)c2cc1[C-](C)C.[Y]. The van der Waals surface area contributed by atoms with Crippen LogP contribution in [0, 0.1) is 5.92 Å². The molecule has 1 radical (unpaired) electrons. The quantitative estimate of drug-likeness (QED) is 0.472. The Labute approximate surface area is 182 Å². The third kappa shape index (κ3) is 4.13. The smallest absolute Gasteiger partial charge is 0.0711 e. The van der Waals surface area contributed by atoms with Crippen molar-refractivity contribution in [2.24, 2.45) is 0 Å². The van der Waals surface area contributed by atoms with Crippen molar-refractivity contribution < 1.29 is 37.4 Å². The van der Waals surface area contributed by atoms with Gasteiger partial charge in [-0.2, -0.15) is 5.92 Å². The van der Waals surface area contributed by atoms with Crippen LogP contribution in [-0.4, -0.2) is 12.1 Å². The van der Waals surface area contributed by atoms with Crippen molar-refractivity contribution in [2.75, 3.05) is 7.11 Å². The molecule has 0 aliphatic heterocycles. The van der Waals surface area contributed by atoms with Crippen LogP contribution < -0.4 is 4.74 Å². The van der Waals surface area contributed by atoms with Gasteiger partial charge in [0.15, 0.2) is 0 Å². The molecule has 133 valence electrons. The van der Waals surface area contributed by atoms with Crippen molar-refractivity contribution in [1.29, 1.82) is 0 Å². The van der Waals surface area contributed by atoms with Gasteiger partial charge in [-0.15, -0.1) is 11.6 Å². The molecule has 2 aromatic carbocycles. The normalized spacial score (nSPS) is 11.2. The number of hydrogen-bond donors (Lipinski definition) is 0.